The summed E-state index contributed by atoms with van der Waals surface area (Å²) < 4.78 is 1.86. The number of hydrogen-bond acceptors (Lipinski definition) is 2. The van der Waals surface area contributed by atoms with E-state index in [0.717, 1.165) is 35.7 Å². The van der Waals surface area contributed by atoms with E-state index in [1.807, 2.05) is 24.7 Å². The van der Waals surface area contributed by atoms with E-state index >= 15 is 0 Å². The van der Waals surface area contributed by atoms with E-state index in [-0.39, 0.29) is 11.5 Å². The van der Waals surface area contributed by atoms with Crippen molar-refractivity contribution in [2.24, 2.45) is 12.8 Å². The molecule has 4 heteroatoms. The molecular formula is C16H20ClN3. The highest BCUT2D eigenvalue weighted by Crippen LogP contribution is 2.51. The maximum atomic E-state index is 6.53. The molecule has 0 spiro atoms. The van der Waals surface area contributed by atoms with Crippen molar-refractivity contribution in [3.63, 3.8) is 0 Å². The summed E-state index contributed by atoms with van der Waals surface area (Å²) in [6.45, 7) is 1.93. The fourth-order valence-corrected chi connectivity index (χ4v) is 3.32. The van der Waals surface area contributed by atoms with Crippen LogP contribution in [0.1, 0.15) is 29.8 Å². The Morgan fingerprint density at radius 2 is 2.00 bits per heavy atom. The van der Waals surface area contributed by atoms with Gasteiger partial charge in [0.25, 0.3) is 0 Å². The van der Waals surface area contributed by atoms with Crippen LogP contribution in [0, 0.1) is 6.92 Å². The molecule has 1 aliphatic carbocycles. The van der Waals surface area contributed by atoms with Crippen molar-refractivity contribution in [2.75, 3.05) is 0 Å². The van der Waals surface area contributed by atoms with Gasteiger partial charge in [-0.2, -0.15) is 5.10 Å². The van der Waals surface area contributed by atoms with Gasteiger partial charge in [0.1, 0.15) is 0 Å². The Hall–Kier alpha value is -1.32. The Morgan fingerprint density at radius 3 is 2.50 bits per heavy atom. The Morgan fingerprint density at radius 1 is 1.35 bits per heavy atom. The van der Waals surface area contributed by atoms with Gasteiger partial charge in [-0.05, 0) is 25.3 Å². The molecule has 1 atom stereocenters. The first-order chi connectivity index (χ1) is 9.54. The van der Waals surface area contributed by atoms with E-state index in [0.29, 0.717) is 0 Å². The lowest BCUT2D eigenvalue weighted by atomic mass is 9.86. The van der Waals surface area contributed by atoms with Gasteiger partial charge in [-0.1, -0.05) is 41.9 Å². The monoisotopic (exact) mass is 289 g/mol. The second-order valence-electron chi connectivity index (χ2n) is 5.80. The number of nitrogens with zero attached hydrogens (tertiary/aromatic N) is 2. The van der Waals surface area contributed by atoms with Crippen LogP contribution in [-0.4, -0.2) is 15.8 Å². The number of hydrogen-bond donors (Lipinski definition) is 1. The first-order valence-electron chi connectivity index (χ1n) is 7.04. The quantitative estimate of drug-likeness (QED) is 0.940. The van der Waals surface area contributed by atoms with Gasteiger partial charge in [0.2, 0.25) is 0 Å². The molecule has 1 fully saturated rings. The smallest absolute Gasteiger partial charge is 0.0847 e. The predicted octanol–water partition coefficient (Wildman–Crippen LogP) is 2.98. The third-order valence-corrected chi connectivity index (χ3v) is 5.01. The summed E-state index contributed by atoms with van der Waals surface area (Å²) >= 11 is 6.34. The van der Waals surface area contributed by atoms with Gasteiger partial charge < -0.3 is 5.73 Å². The minimum atomic E-state index is 0.0807. The largest absolute Gasteiger partial charge is 0.327 e. The van der Waals surface area contributed by atoms with Crippen LogP contribution in [0.5, 0.6) is 0 Å². The Balaban J connectivity index is 1.85. The highest BCUT2D eigenvalue weighted by atomic mass is 35.5. The Bertz CT molecular complexity index is 614. The molecule has 1 aromatic heterocycles. The normalized spacial score (nSPS) is 18.0. The van der Waals surface area contributed by atoms with Gasteiger partial charge in [0.15, 0.2) is 0 Å². The van der Waals surface area contributed by atoms with Crippen LogP contribution in [0.25, 0.3) is 0 Å². The number of nitrogens with two attached hydrogens (primary N) is 1. The summed E-state index contributed by atoms with van der Waals surface area (Å²) in [5, 5.41) is 5.12. The number of rotatable bonds is 4. The van der Waals surface area contributed by atoms with Gasteiger partial charge >= 0.3 is 0 Å². The van der Waals surface area contributed by atoms with E-state index in [1.54, 1.807) is 0 Å². The van der Waals surface area contributed by atoms with Crippen molar-refractivity contribution in [3.05, 3.63) is 52.3 Å². The summed E-state index contributed by atoms with van der Waals surface area (Å²) in [5.74, 6) is 0. The predicted molar refractivity (Wildman–Crippen MR) is 82.0 cm³/mol. The zero-order valence-electron chi connectivity index (χ0n) is 11.9. The number of aryl methyl sites for hydroxylation is 2. The SMILES string of the molecule is Cc1nn(C)c(CC(N)C2(c3ccccc3)CC2)c1Cl. The molecule has 1 saturated carbocycles. The van der Waals surface area contributed by atoms with E-state index in [1.165, 1.54) is 5.56 Å². The van der Waals surface area contributed by atoms with Crippen molar-refractivity contribution in [2.45, 2.75) is 37.6 Å². The lowest BCUT2D eigenvalue weighted by Gasteiger charge is -2.24. The van der Waals surface area contributed by atoms with Gasteiger partial charge in [0.05, 0.1) is 16.4 Å². The number of benzene rings is 1. The average molecular weight is 290 g/mol. The molecule has 0 radical (unpaired) electrons. The molecule has 0 saturated heterocycles. The van der Waals surface area contributed by atoms with Gasteiger partial charge in [-0.3, -0.25) is 4.68 Å². The highest BCUT2D eigenvalue weighted by molar-refractivity contribution is 6.31. The van der Waals surface area contributed by atoms with Crippen LogP contribution in [-0.2, 0) is 18.9 Å². The maximum absolute atomic E-state index is 6.53. The second-order valence-corrected chi connectivity index (χ2v) is 6.18. The molecule has 1 heterocycles. The van der Waals surface area contributed by atoms with Crippen LogP contribution in [0.4, 0.5) is 0 Å². The van der Waals surface area contributed by atoms with Crippen molar-refractivity contribution in [1.82, 2.24) is 9.78 Å². The van der Waals surface area contributed by atoms with Crippen LogP contribution < -0.4 is 5.73 Å². The van der Waals surface area contributed by atoms with Gasteiger partial charge in [-0.25, -0.2) is 0 Å². The molecule has 3 nitrogen and oxygen atoms in total. The summed E-state index contributed by atoms with van der Waals surface area (Å²) in [4.78, 5) is 0. The van der Waals surface area contributed by atoms with Crippen LogP contribution in [0.3, 0.4) is 0 Å². The van der Waals surface area contributed by atoms with Crippen LogP contribution in [0.2, 0.25) is 5.02 Å². The molecular weight excluding hydrogens is 270 g/mol. The summed E-state index contributed by atoms with van der Waals surface area (Å²) in [6.07, 6.45) is 3.09. The molecule has 106 valence electrons. The van der Waals surface area contributed by atoms with Crippen LogP contribution in [0.15, 0.2) is 30.3 Å². The highest BCUT2D eigenvalue weighted by Gasteiger charge is 2.49. The molecule has 2 aromatic rings. The average Bonchev–Trinajstić information content (AvgIpc) is 3.22. The van der Waals surface area contributed by atoms with E-state index < -0.39 is 0 Å². The molecule has 0 amide bonds. The molecule has 0 bridgehead atoms. The fourth-order valence-electron chi connectivity index (χ4n) is 3.08. The molecule has 0 aliphatic heterocycles. The number of halogens is 1. The number of aromatic nitrogens is 2. The van der Waals surface area contributed by atoms with Crippen molar-refractivity contribution < 1.29 is 0 Å². The molecule has 1 unspecified atom stereocenters. The molecule has 20 heavy (non-hydrogen) atoms. The van der Waals surface area contributed by atoms with E-state index in [2.05, 4.69) is 29.4 Å². The summed E-state index contributed by atoms with van der Waals surface area (Å²) in [5.41, 5.74) is 9.92. The molecule has 1 aliphatic rings. The Labute approximate surface area is 124 Å². The first-order valence-corrected chi connectivity index (χ1v) is 7.41. The Kier molecular flexibility index (Phi) is 3.35. The van der Waals surface area contributed by atoms with Crippen molar-refractivity contribution >= 4 is 11.6 Å². The molecule has 1 aromatic carbocycles. The lowest BCUT2D eigenvalue weighted by molar-refractivity contribution is 0.498. The fraction of sp³-hybridized carbons (Fsp3) is 0.438. The molecule has 2 N–H and O–H groups in total. The minimum absolute atomic E-state index is 0.0807. The zero-order chi connectivity index (χ0) is 14.3. The lowest BCUT2D eigenvalue weighted by Crippen LogP contribution is -2.37. The maximum Gasteiger partial charge on any atom is 0.0847 e. The van der Waals surface area contributed by atoms with Gasteiger partial charge in [0, 0.05) is 24.9 Å². The standard InChI is InChI=1S/C16H20ClN3/c1-11-15(17)13(20(2)19-11)10-14(18)16(8-9-16)12-6-4-3-5-7-12/h3-7,14H,8-10,18H2,1-2H3. The van der Waals surface area contributed by atoms with Crippen molar-refractivity contribution in [1.29, 1.82) is 0 Å². The van der Waals surface area contributed by atoms with Gasteiger partial charge in [-0.15, -0.1) is 0 Å². The second kappa shape index (κ2) is 4.90. The van der Waals surface area contributed by atoms with E-state index in [9.17, 15) is 0 Å². The van der Waals surface area contributed by atoms with Crippen LogP contribution >= 0.6 is 11.6 Å². The minimum Gasteiger partial charge on any atom is -0.327 e. The third-order valence-electron chi connectivity index (χ3n) is 4.52. The van der Waals surface area contributed by atoms with Crippen molar-refractivity contribution in [3.8, 4) is 0 Å². The first kappa shape index (κ1) is 13.7. The third kappa shape index (κ3) is 2.15. The topological polar surface area (TPSA) is 43.8 Å². The zero-order valence-corrected chi connectivity index (χ0v) is 12.7. The summed E-state index contributed by atoms with van der Waals surface area (Å²) in [6, 6.07) is 10.7. The van der Waals surface area contributed by atoms with E-state index in [4.69, 9.17) is 17.3 Å². The summed E-state index contributed by atoms with van der Waals surface area (Å²) in [7, 11) is 1.93. The molecule has 3 rings (SSSR count).